The Morgan fingerprint density at radius 2 is 1.73 bits per heavy atom. The fourth-order valence-electron chi connectivity index (χ4n) is 3.04. The third kappa shape index (κ3) is 3.58. The average molecular weight is 376 g/mol. The zero-order chi connectivity index (χ0) is 18.9. The molecule has 0 aromatic heterocycles. The van der Waals surface area contributed by atoms with Crippen molar-refractivity contribution in [1.29, 1.82) is 0 Å². The van der Waals surface area contributed by atoms with E-state index in [-0.39, 0.29) is 23.5 Å². The molecule has 1 aliphatic heterocycles. The number of benzene rings is 2. The summed E-state index contributed by atoms with van der Waals surface area (Å²) < 4.78 is 38.4. The van der Waals surface area contributed by atoms with Gasteiger partial charge in [-0.05, 0) is 55.3 Å². The van der Waals surface area contributed by atoms with Gasteiger partial charge in [-0.1, -0.05) is 12.1 Å². The average Bonchev–Trinajstić information content (AvgIpc) is 3.00. The first-order valence-corrected chi connectivity index (χ1v) is 10.0. The van der Waals surface area contributed by atoms with Crippen LogP contribution in [0.3, 0.4) is 0 Å². The van der Waals surface area contributed by atoms with Gasteiger partial charge in [0.1, 0.15) is 5.82 Å². The lowest BCUT2D eigenvalue weighted by Gasteiger charge is -2.26. The van der Waals surface area contributed by atoms with Crippen LogP contribution in [0.15, 0.2) is 48.5 Å². The molecule has 0 saturated carbocycles. The van der Waals surface area contributed by atoms with E-state index in [4.69, 9.17) is 0 Å². The number of rotatable bonds is 4. The van der Waals surface area contributed by atoms with E-state index in [1.807, 2.05) is 6.92 Å². The van der Waals surface area contributed by atoms with Crippen molar-refractivity contribution in [3.63, 3.8) is 0 Å². The Kier molecular flexibility index (Phi) is 5.00. The van der Waals surface area contributed by atoms with Crippen LogP contribution in [0, 0.1) is 5.82 Å². The fourth-order valence-corrected chi connectivity index (χ4v) is 4.61. The molecule has 0 unspecified atom stereocenters. The summed E-state index contributed by atoms with van der Waals surface area (Å²) in [5.41, 5.74) is 1.89. The van der Waals surface area contributed by atoms with E-state index in [0.29, 0.717) is 24.2 Å². The quantitative estimate of drug-likeness (QED) is 0.823. The molecule has 1 amide bonds. The molecule has 0 radical (unpaired) electrons. The lowest BCUT2D eigenvalue weighted by molar-refractivity contribution is 0.0742. The first-order valence-electron chi connectivity index (χ1n) is 8.43. The standard InChI is InChI=1S/C19H21FN2O3S/c1-14(15-4-8-17(20)9-5-15)21(2)19(23)16-6-10-18(11-7-16)22-12-3-13-26(22,24)25/h4-11,14H,3,12-13H2,1-2H3/t14-/m1/s1. The Balaban J connectivity index is 1.76. The van der Waals surface area contributed by atoms with Gasteiger partial charge in [-0.15, -0.1) is 0 Å². The van der Waals surface area contributed by atoms with Gasteiger partial charge >= 0.3 is 0 Å². The number of nitrogens with zero attached hydrogens (tertiary/aromatic N) is 2. The second-order valence-electron chi connectivity index (χ2n) is 6.43. The van der Waals surface area contributed by atoms with Crippen LogP contribution in [0.4, 0.5) is 10.1 Å². The SMILES string of the molecule is C[C@H](c1ccc(F)cc1)N(C)C(=O)c1ccc(N2CCCS2(=O)=O)cc1. The second-order valence-corrected chi connectivity index (χ2v) is 8.45. The largest absolute Gasteiger partial charge is 0.335 e. The van der Waals surface area contributed by atoms with E-state index in [0.717, 1.165) is 5.56 Å². The highest BCUT2D eigenvalue weighted by atomic mass is 32.2. The van der Waals surface area contributed by atoms with Crippen molar-refractivity contribution in [3.05, 3.63) is 65.5 Å². The predicted octanol–water partition coefficient (Wildman–Crippen LogP) is 3.20. The molecule has 5 nitrogen and oxygen atoms in total. The summed E-state index contributed by atoms with van der Waals surface area (Å²) in [6.07, 6.45) is 0.612. The van der Waals surface area contributed by atoms with Crippen molar-refractivity contribution in [2.75, 3.05) is 23.7 Å². The highest BCUT2D eigenvalue weighted by Crippen LogP contribution is 2.26. The summed E-state index contributed by atoms with van der Waals surface area (Å²) in [6, 6.07) is 12.4. The molecule has 26 heavy (non-hydrogen) atoms. The summed E-state index contributed by atoms with van der Waals surface area (Å²) in [5.74, 6) is -0.342. The topological polar surface area (TPSA) is 57.7 Å². The normalized spacial score (nSPS) is 17.1. The third-order valence-electron chi connectivity index (χ3n) is 4.76. The summed E-state index contributed by atoms with van der Waals surface area (Å²) >= 11 is 0. The van der Waals surface area contributed by atoms with Crippen LogP contribution >= 0.6 is 0 Å². The van der Waals surface area contributed by atoms with Gasteiger partial charge in [0, 0.05) is 19.2 Å². The van der Waals surface area contributed by atoms with Crippen LogP contribution < -0.4 is 4.31 Å². The zero-order valence-electron chi connectivity index (χ0n) is 14.7. The first kappa shape index (κ1) is 18.4. The number of hydrogen-bond acceptors (Lipinski definition) is 3. The molecular formula is C19H21FN2O3S. The Bertz CT molecular complexity index is 895. The van der Waals surface area contributed by atoms with E-state index in [9.17, 15) is 17.6 Å². The molecule has 0 N–H and O–H groups in total. The number of halogens is 1. The molecule has 2 aromatic rings. The van der Waals surface area contributed by atoms with Crippen LogP contribution in [-0.2, 0) is 10.0 Å². The summed E-state index contributed by atoms with van der Waals surface area (Å²) in [4.78, 5) is 14.3. The Morgan fingerprint density at radius 1 is 1.12 bits per heavy atom. The maximum atomic E-state index is 13.1. The highest BCUT2D eigenvalue weighted by molar-refractivity contribution is 7.93. The maximum Gasteiger partial charge on any atom is 0.254 e. The van der Waals surface area contributed by atoms with Crippen molar-refractivity contribution < 1.29 is 17.6 Å². The molecule has 2 aromatic carbocycles. The molecule has 1 atom stereocenters. The van der Waals surface area contributed by atoms with Crippen LogP contribution in [-0.4, -0.2) is 38.6 Å². The van der Waals surface area contributed by atoms with Crippen molar-refractivity contribution >= 4 is 21.6 Å². The van der Waals surface area contributed by atoms with Gasteiger partial charge in [0.15, 0.2) is 0 Å². The monoisotopic (exact) mass is 376 g/mol. The van der Waals surface area contributed by atoms with Crippen LogP contribution in [0.1, 0.15) is 35.3 Å². The molecule has 1 heterocycles. The van der Waals surface area contributed by atoms with Gasteiger partial charge in [-0.25, -0.2) is 12.8 Å². The van der Waals surface area contributed by atoms with E-state index in [1.54, 1.807) is 48.3 Å². The Labute approximate surface area is 153 Å². The Hall–Kier alpha value is -2.41. The minimum atomic E-state index is -3.24. The summed E-state index contributed by atoms with van der Waals surface area (Å²) in [5, 5.41) is 0. The number of amides is 1. The number of hydrogen-bond donors (Lipinski definition) is 0. The first-order chi connectivity index (χ1) is 12.3. The number of sulfonamides is 1. The molecule has 7 heteroatoms. The molecule has 0 aliphatic carbocycles. The molecule has 1 aliphatic rings. The van der Waals surface area contributed by atoms with E-state index >= 15 is 0 Å². The van der Waals surface area contributed by atoms with Gasteiger partial charge in [-0.2, -0.15) is 0 Å². The van der Waals surface area contributed by atoms with Gasteiger partial charge in [-0.3, -0.25) is 9.10 Å². The number of carbonyl (C=O) groups excluding carboxylic acids is 1. The maximum absolute atomic E-state index is 13.1. The minimum Gasteiger partial charge on any atom is -0.335 e. The molecule has 1 fully saturated rings. The van der Waals surface area contributed by atoms with Crippen molar-refractivity contribution in [1.82, 2.24) is 4.90 Å². The molecule has 3 rings (SSSR count). The van der Waals surface area contributed by atoms with Crippen LogP contribution in [0.5, 0.6) is 0 Å². The predicted molar refractivity (Wildman–Crippen MR) is 99.1 cm³/mol. The van der Waals surface area contributed by atoms with Gasteiger partial charge in [0.05, 0.1) is 17.5 Å². The lowest BCUT2D eigenvalue weighted by atomic mass is 10.1. The molecule has 0 bridgehead atoms. The summed E-state index contributed by atoms with van der Waals surface area (Å²) in [6.45, 7) is 2.34. The van der Waals surface area contributed by atoms with Crippen molar-refractivity contribution in [2.24, 2.45) is 0 Å². The zero-order valence-corrected chi connectivity index (χ0v) is 15.5. The Morgan fingerprint density at radius 3 is 2.27 bits per heavy atom. The minimum absolute atomic E-state index is 0.158. The third-order valence-corrected chi connectivity index (χ3v) is 6.62. The lowest BCUT2D eigenvalue weighted by Crippen LogP contribution is -2.30. The summed E-state index contributed by atoms with van der Waals surface area (Å²) in [7, 11) is -1.55. The van der Waals surface area contributed by atoms with Crippen molar-refractivity contribution in [3.8, 4) is 0 Å². The molecule has 1 saturated heterocycles. The van der Waals surface area contributed by atoms with E-state index < -0.39 is 10.0 Å². The van der Waals surface area contributed by atoms with Gasteiger partial charge < -0.3 is 4.90 Å². The smallest absolute Gasteiger partial charge is 0.254 e. The number of anilines is 1. The molecule has 138 valence electrons. The van der Waals surface area contributed by atoms with E-state index in [1.165, 1.54) is 16.4 Å². The number of carbonyl (C=O) groups is 1. The van der Waals surface area contributed by atoms with E-state index in [2.05, 4.69) is 0 Å². The second kappa shape index (κ2) is 7.07. The fraction of sp³-hybridized carbons (Fsp3) is 0.316. The van der Waals surface area contributed by atoms with Crippen LogP contribution in [0.25, 0.3) is 0 Å². The van der Waals surface area contributed by atoms with Gasteiger partial charge in [0.2, 0.25) is 10.0 Å². The van der Waals surface area contributed by atoms with Crippen molar-refractivity contribution in [2.45, 2.75) is 19.4 Å². The molecule has 0 spiro atoms. The highest BCUT2D eigenvalue weighted by Gasteiger charge is 2.28. The van der Waals surface area contributed by atoms with Crippen LogP contribution in [0.2, 0.25) is 0 Å². The molecular weight excluding hydrogens is 355 g/mol. The van der Waals surface area contributed by atoms with Gasteiger partial charge in [0.25, 0.3) is 5.91 Å².